The lowest BCUT2D eigenvalue weighted by molar-refractivity contribution is -0.115. The summed E-state index contributed by atoms with van der Waals surface area (Å²) < 4.78 is 0. The SMILES string of the molecule is Cc1ccccc1NC(=O)CNCCc1ccc(Cl)cc1. The Hall–Kier alpha value is -1.84. The molecule has 0 unspecified atom stereocenters. The van der Waals surface area contributed by atoms with Gasteiger partial charge in [0.05, 0.1) is 6.54 Å². The van der Waals surface area contributed by atoms with E-state index in [1.54, 1.807) is 0 Å². The van der Waals surface area contributed by atoms with Crippen LogP contribution < -0.4 is 10.6 Å². The van der Waals surface area contributed by atoms with Crippen LogP contribution in [0.1, 0.15) is 11.1 Å². The molecule has 4 heteroatoms. The van der Waals surface area contributed by atoms with E-state index in [0.29, 0.717) is 6.54 Å². The van der Waals surface area contributed by atoms with Crippen LogP contribution in [0.25, 0.3) is 0 Å². The van der Waals surface area contributed by atoms with Crippen LogP contribution in [0.5, 0.6) is 0 Å². The average molecular weight is 303 g/mol. The highest BCUT2D eigenvalue weighted by atomic mass is 35.5. The molecular weight excluding hydrogens is 284 g/mol. The van der Waals surface area contributed by atoms with E-state index >= 15 is 0 Å². The Kier molecular flexibility index (Phi) is 5.78. The predicted molar refractivity (Wildman–Crippen MR) is 87.8 cm³/mol. The molecule has 0 saturated carbocycles. The van der Waals surface area contributed by atoms with Gasteiger partial charge in [-0.2, -0.15) is 0 Å². The highest BCUT2D eigenvalue weighted by Crippen LogP contribution is 2.12. The van der Waals surface area contributed by atoms with E-state index in [1.807, 2.05) is 55.5 Å². The maximum Gasteiger partial charge on any atom is 0.238 e. The molecule has 2 aromatic rings. The number of benzene rings is 2. The van der Waals surface area contributed by atoms with Crippen LogP contribution in [-0.4, -0.2) is 19.0 Å². The van der Waals surface area contributed by atoms with Gasteiger partial charge in [-0.1, -0.05) is 41.9 Å². The van der Waals surface area contributed by atoms with Gasteiger partial charge >= 0.3 is 0 Å². The molecule has 0 aromatic heterocycles. The standard InChI is InChI=1S/C17H19ClN2O/c1-13-4-2-3-5-16(13)20-17(21)12-19-11-10-14-6-8-15(18)9-7-14/h2-9,19H,10-12H2,1H3,(H,20,21). The van der Waals surface area contributed by atoms with E-state index in [1.165, 1.54) is 5.56 Å². The molecule has 0 radical (unpaired) electrons. The summed E-state index contributed by atoms with van der Waals surface area (Å²) in [5.41, 5.74) is 3.13. The number of nitrogens with one attached hydrogen (secondary N) is 2. The van der Waals surface area contributed by atoms with Crippen molar-refractivity contribution in [2.45, 2.75) is 13.3 Å². The van der Waals surface area contributed by atoms with Crippen LogP contribution in [0.4, 0.5) is 5.69 Å². The van der Waals surface area contributed by atoms with E-state index in [-0.39, 0.29) is 5.91 Å². The molecule has 2 N–H and O–H groups in total. The third-order valence-corrected chi connectivity index (χ3v) is 3.46. The zero-order valence-electron chi connectivity index (χ0n) is 12.0. The van der Waals surface area contributed by atoms with Crippen LogP contribution in [0.15, 0.2) is 48.5 Å². The summed E-state index contributed by atoms with van der Waals surface area (Å²) in [5.74, 6) is -0.0274. The number of amides is 1. The molecule has 0 aliphatic rings. The van der Waals surface area contributed by atoms with Crippen molar-refractivity contribution in [3.8, 4) is 0 Å². The summed E-state index contributed by atoms with van der Waals surface area (Å²) in [6, 6.07) is 15.5. The van der Waals surface area contributed by atoms with Crippen molar-refractivity contribution in [1.29, 1.82) is 0 Å². The van der Waals surface area contributed by atoms with Crippen molar-refractivity contribution < 1.29 is 4.79 Å². The minimum atomic E-state index is -0.0274. The van der Waals surface area contributed by atoms with E-state index in [2.05, 4.69) is 10.6 Å². The third kappa shape index (κ3) is 5.21. The lowest BCUT2D eigenvalue weighted by Crippen LogP contribution is -2.29. The fourth-order valence-corrected chi connectivity index (χ4v) is 2.12. The first-order valence-corrected chi connectivity index (χ1v) is 7.33. The smallest absolute Gasteiger partial charge is 0.238 e. The molecule has 3 nitrogen and oxygen atoms in total. The summed E-state index contributed by atoms with van der Waals surface area (Å²) >= 11 is 5.84. The second kappa shape index (κ2) is 7.81. The van der Waals surface area contributed by atoms with Crippen molar-refractivity contribution in [2.24, 2.45) is 0 Å². The fourth-order valence-electron chi connectivity index (χ4n) is 1.99. The minimum absolute atomic E-state index is 0.0274. The zero-order chi connectivity index (χ0) is 15.1. The van der Waals surface area contributed by atoms with Crippen molar-refractivity contribution in [3.05, 3.63) is 64.7 Å². The molecular formula is C17H19ClN2O. The van der Waals surface area contributed by atoms with Gasteiger partial charge in [-0.15, -0.1) is 0 Å². The highest BCUT2D eigenvalue weighted by molar-refractivity contribution is 6.30. The molecule has 0 saturated heterocycles. The first-order valence-electron chi connectivity index (χ1n) is 6.96. The molecule has 0 atom stereocenters. The first-order chi connectivity index (χ1) is 10.1. The van der Waals surface area contributed by atoms with E-state index in [9.17, 15) is 4.79 Å². The van der Waals surface area contributed by atoms with Crippen LogP contribution in [0.2, 0.25) is 5.02 Å². The molecule has 0 spiro atoms. The van der Waals surface area contributed by atoms with Gasteiger partial charge in [0.25, 0.3) is 0 Å². The largest absolute Gasteiger partial charge is 0.325 e. The maximum absolute atomic E-state index is 11.8. The van der Waals surface area contributed by atoms with Crippen LogP contribution >= 0.6 is 11.6 Å². The lowest BCUT2D eigenvalue weighted by atomic mass is 10.1. The Bertz CT molecular complexity index is 596. The molecule has 2 rings (SSSR count). The molecule has 2 aromatic carbocycles. The zero-order valence-corrected chi connectivity index (χ0v) is 12.8. The second-order valence-electron chi connectivity index (χ2n) is 4.92. The summed E-state index contributed by atoms with van der Waals surface area (Å²) in [7, 11) is 0. The predicted octanol–water partition coefficient (Wildman–Crippen LogP) is 3.42. The Morgan fingerprint density at radius 1 is 1.10 bits per heavy atom. The van der Waals surface area contributed by atoms with Crippen molar-refractivity contribution >= 4 is 23.2 Å². The lowest BCUT2D eigenvalue weighted by Gasteiger charge is -2.09. The summed E-state index contributed by atoms with van der Waals surface area (Å²) in [6.07, 6.45) is 0.870. The number of rotatable bonds is 6. The summed E-state index contributed by atoms with van der Waals surface area (Å²) in [4.78, 5) is 11.8. The van der Waals surface area contributed by atoms with Gasteiger partial charge in [-0.3, -0.25) is 4.79 Å². The molecule has 0 heterocycles. The van der Waals surface area contributed by atoms with E-state index in [0.717, 1.165) is 29.2 Å². The van der Waals surface area contributed by atoms with Gasteiger partial charge in [0.15, 0.2) is 0 Å². The molecule has 0 aliphatic carbocycles. The van der Waals surface area contributed by atoms with E-state index < -0.39 is 0 Å². The van der Waals surface area contributed by atoms with Gasteiger partial charge in [0, 0.05) is 10.7 Å². The Balaban J connectivity index is 1.70. The minimum Gasteiger partial charge on any atom is -0.325 e. The topological polar surface area (TPSA) is 41.1 Å². The Labute approximate surface area is 130 Å². The van der Waals surface area contributed by atoms with Crippen LogP contribution in [0, 0.1) is 6.92 Å². The highest BCUT2D eigenvalue weighted by Gasteiger charge is 2.03. The third-order valence-electron chi connectivity index (χ3n) is 3.21. The normalized spacial score (nSPS) is 10.4. The number of hydrogen-bond donors (Lipinski definition) is 2. The number of anilines is 1. The maximum atomic E-state index is 11.8. The molecule has 0 bridgehead atoms. The van der Waals surface area contributed by atoms with Crippen LogP contribution in [0.3, 0.4) is 0 Å². The molecule has 0 fully saturated rings. The van der Waals surface area contributed by atoms with Gasteiger partial charge in [0.1, 0.15) is 0 Å². The monoisotopic (exact) mass is 302 g/mol. The van der Waals surface area contributed by atoms with Gasteiger partial charge in [-0.05, 0) is 49.2 Å². The number of aryl methyl sites for hydroxylation is 1. The first kappa shape index (κ1) is 15.5. The van der Waals surface area contributed by atoms with Crippen molar-refractivity contribution in [3.63, 3.8) is 0 Å². The average Bonchev–Trinajstić information content (AvgIpc) is 2.48. The van der Waals surface area contributed by atoms with E-state index in [4.69, 9.17) is 11.6 Å². The summed E-state index contributed by atoms with van der Waals surface area (Å²) in [6.45, 7) is 3.04. The number of carbonyl (C=O) groups excluding carboxylic acids is 1. The van der Waals surface area contributed by atoms with Gasteiger partial charge < -0.3 is 10.6 Å². The summed E-state index contributed by atoms with van der Waals surface area (Å²) in [5, 5.41) is 6.78. The number of carbonyl (C=O) groups is 1. The number of halogens is 1. The fraction of sp³-hybridized carbons (Fsp3) is 0.235. The second-order valence-corrected chi connectivity index (χ2v) is 5.35. The molecule has 0 aliphatic heterocycles. The molecule has 1 amide bonds. The van der Waals surface area contributed by atoms with Gasteiger partial charge in [0.2, 0.25) is 5.91 Å². The van der Waals surface area contributed by atoms with Gasteiger partial charge in [-0.25, -0.2) is 0 Å². The van der Waals surface area contributed by atoms with Crippen LogP contribution in [-0.2, 0) is 11.2 Å². The number of hydrogen-bond acceptors (Lipinski definition) is 2. The van der Waals surface area contributed by atoms with Crippen molar-refractivity contribution in [1.82, 2.24) is 5.32 Å². The number of para-hydroxylation sites is 1. The quantitative estimate of drug-likeness (QED) is 0.803. The Morgan fingerprint density at radius 2 is 1.81 bits per heavy atom. The molecule has 110 valence electrons. The Morgan fingerprint density at radius 3 is 2.52 bits per heavy atom. The molecule has 21 heavy (non-hydrogen) atoms. The van der Waals surface area contributed by atoms with Crippen molar-refractivity contribution in [2.75, 3.05) is 18.4 Å².